The third kappa shape index (κ3) is 3.86. The molecule has 21 heavy (non-hydrogen) atoms. The molecule has 112 valence electrons. The van der Waals surface area contributed by atoms with Gasteiger partial charge in [-0.15, -0.1) is 0 Å². The molecule has 0 aliphatic carbocycles. The smallest absolute Gasteiger partial charge is 0.140 e. The maximum Gasteiger partial charge on any atom is 0.140 e. The summed E-state index contributed by atoms with van der Waals surface area (Å²) in [4.78, 5) is 16.5. The van der Waals surface area contributed by atoms with E-state index in [4.69, 9.17) is 23.2 Å². The Morgan fingerprint density at radius 3 is 2.57 bits per heavy atom. The van der Waals surface area contributed by atoms with Gasteiger partial charge in [-0.3, -0.25) is 4.79 Å². The minimum absolute atomic E-state index is 0.173. The Kier molecular flexibility index (Phi) is 4.74. The van der Waals surface area contributed by atoms with E-state index in [1.54, 1.807) is 24.7 Å². The van der Waals surface area contributed by atoms with Gasteiger partial charge in [0.15, 0.2) is 0 Å². The highest BCUT2D eigenvalue weighted by Crippen LogP contribution is 2.33. The van der Waals surface area contributed by atoms with Crippen LogP contribution in [0.2, 0.25) is 10.0 Å². The molecule has 3 nitrogen and oxygen atoms in total. The van der Waals surface area contributed by atoms with E-state index >= 15 is 0 Å². The fourth-order valence-corrected chi connectivity index (χ4v) is 2.62. The summed E-state index contributed by atoms with van der Waals surface area (Å²) in [7, 11) is 0. The van der Waals surface area contributed by atoms with E-state index in [1.165, 1.54) is 0 Å². The first-order chi connectivity index (χ1) is 9.79. The molecule has 0 saturated heterocycles. The summed E-state index contributed by atoms with van der Waals surface area (Å²) in [6.07, 6.45) is 5.59. The second-order valence-electron chi connectivity index (χ2n) is 6.07. The first-order valence-electron chi connectivity index (χ1n) is 6.74. The molecule has 0 aliphatic rings. The number of Topliss-reactive ketones (excluding diaryl/α,β-unsaturated/α-hetero) is 1. The molecule has 1 aromatic heterocycles. The molecule has 2 aromatic rings. The van der Waals surface area contributed by atoms with Crippen molar-refractivity contribution in [1.29, 1.82) is 0 Å². The molecule has 5 heteroatoms. The van der Waals surface area contributed by atoms with Crippen LogP contribution in [0.15, 0.2) is 36.9 Å². The number of hydrogen-bond acceptors (Lipinski definition) is 2. The molecule has 1 unspecified atom stereocenters. The molecule has 1 atom stereocenters. The molecular weight excluding hydrogens is 307 g/mol. The highest BCUT2D eigenvalue weighted by molar-refractivity contribution is 6.35. The van der Waals surface area contributed by atoms with Gasteiger partial charge in [-0.2, -0.15) is 0 Å². The molecule has 0 saturated carbocycles. The van der Waals surface area contributed by atoms with Gasteiger partial charge >= 0.3 is 0 Å². The van der Waals surface area contributed by atoms with Gasteiger partial charge in [0.1, 0.15) is 5.78 Å². The van der Waals surface area contributed by atoms with Gasteiger partial charge in [0, 0.05) is 34.3 Å². The normalized spacial score (nSPS) is 13.2. The van der Waals surface area contributed by atoms with Crippen molar-refractivity contribution in [3.05, 3.63) is 52.5 Å². The molecular formula is C16H18Cl2N2O. The van der Waals surface area contributed by atoms with Crippen LogP contribution in [0.4, 0.5) is 0 Å². The lowest BCUT2D eigenvalue weighted by molar-refractivity contribution is -0.126. The molecule has 0 amide bonds. The van der Waals surface area contributed by atoms with Crippen LogP contribution in [-0.2, 0) is 4.79 Å². The number of nitrogens with zero attached hydrogens (tertiary/aromatic N) is 2. The maximum absolute atomic E-state index is 12.4. The lowest BCUT2D eigenvalue weighted by Gasteiger charge is -2.24. The summed E-state index contributed by atoms with van der Waals surface area (Å²) in [5.41, 5.74) is 0.481. The van der Waals surface area contributed by atoms with Crippen molar-refractivity contribution in [2.75, 3.05) is 0 Å². The highest BCUT2D eigenvalue weighted by atomic mass is 35.5. The van der Waals surface area contributed by atoms with E-state index in [1.807, 2.05) is 37.6 Å². The van der Waals surface area contributed by atoms with Crippen LogP contribution >= 0.6 is 23.2 Å². The molecule has 2 rings (SSSR count). The average molecular weight is 325 g/mol. The second-order valence-corrected chi connectivity index (χ2v) is 6.91. The third-order valence-electron chi connectivity index (χ3n) is 3.42. The molecule has 1 aromatic carbocycles. The van der Waals surface area contributed by atoms with Crippen molar-refractivity contribution in [3.63, 3.8) is 0 Å². The predicted octanol–water partition coefficient (Wildman–Crippen LogP) is 4.78. The maximum atomic E-state index is 12.4. The second kappa shape index (κ2) is 6.20. The zero-order chi connectivity index (χ0) is 15.6. The first kappa shape index (κ1) is 16.1. The molecule has 0 spiro atoms. The van der Waals surface area contributed by atoms with E-state index in [9.17, 15) is 4.79 Å². The number of benzene rings is 1. The summed E-state index contributed by atoms with van der Waals surface area (Å²) in [5, 5.41) is 1.14. The summed E-state index contributed by atoms with van der Waals surface area (Å²) in [5.74, 6) is 0.173. The molecule has 0 aliphatic heterocycles. The van der Waals surface area contributed by atoms with Crippen LogP contribution < -0.4 is 0 Å². The van der Waals surface area contributed by atoms with E-state index in [0.717, 1.165) is 5.56 Å². The zero-order valence-corrected chi connectivity index (χ0v) is 13.8. The van der Waals surface area contributed by atoms with E-state index in [0.29, 0.717) is 16.5 Å². The van der Waals surface area contributed by atoms with Gasteiger partial charge in [0.05, 0.1) is 12.4 Å². The summed E-state index contributed by atoms with van der Waals surface area (Å²) in [6, 6.07) is 5.17. The van der Waals surface area contributed by atoms with Gasteiger partial charge in [-0.25, -0.2) is 4.98 Å². The first-order valence-corrected chi connectivity index (χ1v) is 7.50. The van der Waals surface area contributed by atoms with Crippen LogP contribution in [0, 0.1) is 5.41 Å². The Labute approximate surface area is 134 Å². The Morgan fingerprint density at radius 1 is 1.33 bits per heavy atom. The third-order valence-corrected chi connectivity index (χ3v) is 3.98. The summed E-state index contributed by atoms with van der Waals surface area (Å²) in [6.45, 7) is 5.76. The van der Waals surface area contributed by atoms with Crippen molar-refractivity contribution in [1.82, 2.24) is 9.55 Å². The highest BCUT2D eigenvalue weighted by Gasteiger charge is 2.27. The number of rotatable bonds is 4. The van der Waals surface area contributed by atoms with Gasteiger partial charge in [-0.05, 0) is 17.7 Å². The Morgan fingerprint density at radius 2 is 2.05 bits per heavy atom. The fraction of sp³-hybridized carbons (Fsp3) is 0.375. The topological polar surface area (TPSA) is 34.9 Å². The van der Waals surface area contributed by atoms with Crippen LogP contribution in [0.25, 0.3) is 0 Å². The Bertz CT molecular complexity index is 630. The fourth-order valence-electron chi connectivity index (χ4n) is 2.08. The van der Waals surface area contributed by atoms with Gasteiger partial charge in [-0.1, -0.05) is 50.0 Å². The van der Waals surface area contributed by atoms with Crippen molar-refractivity contribution in [2.24, 2.45) is 5.41 Å². The molecule has 0 N–H and O–H groups in total. The molecule has 1 heterocycles. The van der Waals surface area contributed by atoms with E-state index in [2.05, 4.69) is 4.98 Å². The zero-order valence-electron chi connectivity index (χ0n) is 12.3. The van der Waals surface area contributed by atoms with Crippen LogP contribution in [-0.4, -0.2) is 15.3 Å². The predicted molar refractivity (Wildman–Crippen MR) is 85.9 cm³/mol. The minimum atomic E-state index is -0.391. The Hall–Kier alpha value is -1.32. The van der Waals surface area contributed by atoms with Crippen molar-refractivity contribution >= 4 is 29.0 Å². The van der Waals surface area contributed by atoms with Crippen LogP contribution in [0.5, 0.6) is 0 Å². The number of aromatic nitrogens is 2. The molecule has 0 radical (unpaired) electrons. The summed E-state index contributed by atoms with van der Waals surface area (Å²) < 4.78 is 1.90. The standard InChI is InChI=1S/C16H18Cl2N2O/c1-16(2,3)15(21)9-14(20-7-6-19-10-20)12-5-4-11(17)8-13(12)18/h4-8,10,14H,9H2,1-3H3. The number of carbonyl (C=O) groups excluding carboxylic acids is 1. The SMILES string of the molecule is CC(C)(C)C(=O)CC(c1ccc(Cl)cc1Cl)n1ccnc1. The number of hydrogen-bond donors (Lipinski definition) is 0. The number of imidazole rings is 1. The van der Waals surface area contributed by atoms with Crippen LogP contribution in [0.3, 0.4) is 0 Å². The number of carbonyl (C=O) groups is 1. The number of ketones is 1. The van der Waals surface area contributed by atoms with Crippen molar-refractivity contribution in [3.8, 4) is 0 Å². The monoisotopic (exact) mass is 324 g/mol. The quantitative estimate of drug-likeness (QED) is 0.810. The largest absolute Gasteiger partial charge is 0.329 e. The summed E-state index contributed by atoms with van der Waals surface area (Å²) >= 11 is 12.3. The van der Waals surface area contributed by atoms with Gasteiger partial charge in [0.25, 0.3) is 0 Å². The minimum Gasteiger partial charge on any atom is -0.329 e. The lowest BCUT2D eigenvalue weighted by Crippen LogP contribution is -2.24. The van der Waals surface area contributed by atoms with Crippen molar-refractivity contribution in [2.45, 2.75) is 33.2 Å². The van der Waals surface area contributed by atoms with Crippen LogP contribution in [0.1, 0.15) is 38.8 Å². The van der Waals surface area contributed by atoms with E-state index in [-0.39, 0.29) is 11.8 Å². The lowest BCUT2D eigenvalue weighted by atomic mass is 9.85. The number of halogens is 2. The van der Waals surface area contributed by atoms with Gasteiger partial charge in [0.2, 0.25) is 0 Å². The Balaban J connectivity index is 2.40. The van der Waals surface area contributed by atoms with Crippen molar-refractivity contribution < 1.29 is 4.79 Å². The van der Waals surface area contributed by atoms with E-state index < -0.39 is 5.41 Å². The van der Waals surface area contributed by atoms with Gasteiger partial charge < -0.3 is 4.57 Å². The molecule has 0 bridgehead atoms. The average Bonchev–Trinajstić information content (AvgIpc) is 2.89. The molecule has 0 fully saturated rings.